The van der Waals surface area contributed by atoms with Gasteiger partial charge in [0, 0.05) is 17.4 Å². The van der Waals surface area contributed by atoms with Gasteiger partial charge in [0.05, 0.1) is 18.9 Å². The minimum absolute atomic E-state index is 0.151. The minimum atomic E-state index is -2.82. The van der Waals surface area contributed by atoms with Crippen LogP contribution in [-0.4, -0.2) is 28.9 Å². The summed E-state index contributed by atoms with van der Waals surface area (Å²) >= 11 is 9.02. The first kappa shape index (κ1) is 22.1. The summed E-state index contributed by atoms with van der Waals surface area (Å²) in [7, 11) is 0. The van der Waals surface area contributed by atoms with Gasteiger partial charge in [-0.2, -0.15) is 4.98 Å². The maximum absolute atomic E-state index is 12.9. The monoisotopic (exact) mass is 412 g/mol. The summed E-state index contributed by atoms with van der Waals surface area (Å²) in [4.78, 5) is 8.90. The van der Waals surface area contributed by atoms with E-state index in [9.17, 15) is 4.57 Å². The fraction of sp³-hybridized carbons (Fsp3) is 0.733. The maximum Gasteiger partial charge on any atom is 0.313 e. The van der Waals surface area contributed by atoms with Crippen LogP contribution >= 0.6 is 40.1 Å². The van der Waals surface area contributed by atoms with Gasteiger partial charge in [-0.05, 0) is 20.3 Å². The van der Waals surface area contributed by atoms with Crippen LogP contribution in [-0.2, 0) is 14.8 Å². The van der Waals surface area contributed by atoms with Gasteiger partial charge in [-0.15, -0.1) is 0 Å². The van der Waals surface area contributed by atoms with E-state index in [0.717, 1.165) is 12.2 Å². The number of aromatic nitrogens is 2. The molecule has 24 heavy (non-hydrogen) atoms. The van der Waals surface area contributed by atoms with Crippen LogP contribution in [0.1, 0.15) is 58.5 Å². The third kappa shape index (κ3) is 6.75. The van der Waals surface area contributed by atoms with Crippen LogP contribution in [0, 0.1) is 0 Å². The van der Waals surface area contributed by atoms with Crippen LogP contribution in [0.5, 0.6) is 5.88 Å². The van der Waals surface area contributed by atoms with Gasteiger partial charge in [-0.1, -0.05) is 55.1 Å². The molecule has 1 rings (SSSR count). The first-order chi connectivity index (χ1) is 11.4. The fourth-order valence-corrected chi connectivity index (χ4v) is 8.59. The predicted octanol–water partition coefficient (Wildman–Crippen LogP) is 6.17. The second-order valence-electron chi connectivity index (χ2n) is 5.21. The Balaban J connectivity index is 3.01. The zero-order valence-corrected chi connectivity index (χ0v) is 18.2. The Labute approximate surface area is 158 Å². The lowest BCUT2D eigenvalue weighted by molar-refractivity contribution is 0.324. The van der Waals surface area contributed by atoms with Crippen LogP contribution in [0.4, 0.5) is 0 Å². The highest BCUT2D eigenvalue weighted by Crippen LogP contribution is 2.70. The Kier molecular flexibility index (Phi) is 10.1. The van der Waals surface area contributed by atoms with Crippen molar-refractivity contribution in [3.05, 3.63) is 16.5 Å². The van der Waals surface area contributed by atoms with Gasteiger partial charge >= 0.3 is 5.77 Å². The van der Waals surface area contributed by atoms with Gasteiger partial charge in [-0.25, -0.2) is 4.98 Å². The van der Waals surface area contributed by atoms with E-state index in [-0.39, 0.29) is 5.92 Å². The van der Waals surface area contributed by atoms with E-state index in [0.29, 0.717) is 41.4 Å². The topological polar surface area (TPSA) is 61.3 Å². The van der Waals surface area contributed by atoms with Crippen molar-refractivity contribution < 1.29 is 13.8 Å². The van der Waals surface area contributed by atoms with Crippen LogP contribution < -0.4 is 4.74 Å². The molecule has 0 aliphatic heterocycles. The highest BCUT2D eigenvalue weighted by Gasteiger charge is 2.26. The van der Waals surface area contributed by atoms with Gasteiger partial charge < -0.3 is 9.26 Å². The standard InChI is InChI=1S/C15H26ClN2O3PS2/c1-6-9-23-22(19,21-8-3)24-10-12-13(16)15(20-7-2)18-14(17-12)11(4)5/h11H,6-10H2,1-5H3. The van der Waals surface area contributed by atoms with Crippen molar-refractivity contribution in [2.24, 2.45) is 0 Å². The molecule has 5 nitrogen and oxygen atoms in total. The average Bonchev–Trinajstić information content (AvgIpc) is 2.54. The molecule has 0 radical (unpaired) electrons. The van der Waals surface area contributed by atoms with E-state index in [4.69, 9.17) is 20.9 Å². The molecule has 0 aliphatic carbocycles. The summed E-state index contributed by atoms with van der Waals surface area (Å²) in [6.07, 6.45) is 0.947. The van der Waals surface area contributed by atoms with Gasteiger partial charge in [0.15, 0.2) is 0 Å². The number of halogens is 1. The van der Waals surface area contributed by atoms with Gasteiger partial charge in [0.25, 0.3) is 0 Å². The van der Waals surface area contributed by atoms with Gasteiger partial charge in [-0.3, -0.25) is 4.57 Å². The van der Waals surface area contributed by atoms with E-state index >= 15 is 0 Å². The third-order valence-electron chi connectivity index (χ3n) is 2.80. The Bertz CT molecular complexity index is 576. The van der Waals surface area contributed by atoms with Crippen molar-refractivity contribution in [2.75, 3.05) is 19.0 Å². The molecule has 1 heterocycles. The van der Waals surface area contributed by atoms with Crippen molar-refractivity contribution in [2.45, 2.75) is 52.7 Å². The average molecular weight is 413 g/mol. The van der Waals surface area contributed by atoms with E-state index in [1.807, 2.05) is 27.7 Å². The van der Waals surface area contributed by atoms with E-state index in [1.165, 1.54) is 22.8 Å². The Morgan fingerprint density at radius 2 is 1.88 bits per heavy atom. The van der Waals surface area contributed by atoms with E-state index in [2.05, 4.69) is 16.9 Å². The second kappa shape index (κ2) is 10.9. The van der Waals surface area contributed by atoms with Gasteiger partial charge in [0.2, 0.25) is 5.88 Å². The first-order valence-corrected chi connectivity index (χ1v) is 13.3. The fourth-order valence-electron chi connectivity index (χ4n) is 1.69. The lowest BCUT2D eigenvalue weighted by atomic mass is 10.2. The molecule has 1 atom stereocenters. The Morgan fingerprint density at radius 3 is 2.42 bits per heavy atom. The summed E-state index contributed by atoms with van der Waals surface area (Å²) in [5, 5.41) is 0.386. The molecule has 1 aromatic heterocycles. The molecule has 9 heteroatoms. The normalized spacial score (nSPS) is 14.0. The largest absolute Gasteiger partial charge is 0.477 e. The molecule has 0 fully saturated rings. The van der Waals surface area contributed by atoms with Crippen LogP contribution in [0.15, 0.2) is 0 Å². The number of ether oxygens (including phenoxy) is 1. The maximum atomic E-state index is 12.9. The number of nitrogens with zero attached hydrogens (tertiary/aromatic N) is 2. The lowest BCUT2D eigenvalue weighted by Gasteiger charge is -2.17. The highest BCUT2D eigenvalue weighted by atomic mass is 35.5. The Morgan fingerprint density at radius 1 is 1.17 bits per heavy atom. The SMILES string of the molecule is CCCSP(=O)(OCC)SCc1nc(C(C)C)nc(OCC)c1Cl. The number of hydrogen-bond donors (Lipinski definition) is 0. The first-order valence-electron chi connectivity index (χ1n) is 8.09. The zero-order valence-electron chi connectivity index (χ0n) is 14.9. The molecule has 0 N–H and O–H groups in total. The molecule has 0 aliphatic rings. The van der Waals surface area contributed by atoms with Crippen molar-refractivity contribution in [1.29, 1.82) is 0 Å². The van der Waals surface area contributed by atoms with Crippen LogP contribution in [0.2, 0.25) is 5.02 Å². The van der Waals surface area contributed by atoms with E-state index < -0.39 is 5.77 Å². The molecule has 0 saturated heterocycles. The number of rotatable bonds is 11. The zero-order chi connectivity index (χ0) is 18.2. The summed E-state index contributed by atoms with van der Waals surface area (Å²) in [5.74, 6) is -0.411. The van der Waals surface area contributed by atoms with E-state index in [1.54, 1.807) is 0 Å². The molecule has 1 aromatic rings. The van der Waals surface area contributed by atoms with Crippen LogP contribution in [0.25, 0.3) is 0 Å². The smallest absolute Gasteiger partial charge is 0.313 e. The third-order valence-corrected chi connectivity index (χ3v) is 10.7. The quantitative estimate of drug-likeness (QED) is 0.402. The van der Waals surface area contributed by atoms with Crippen molar-refractivity contribution in [1.82, 2.24) is 9.97 Å². The minimum Gasteiger partial charge on any atom is -0.477 e. The molecular weight excluding hydrogens is 387 g/mol. The molecule has 0 aromatic carbocycles. The lowest BCUT2D eigenvalue weighted by Crippen LogP contribution is -2.06. The summed E-state index contributed by atoms with van der Waals surface area (Å²) < 4.78 is 23.9. The second-order valence-corrected chi connectivity index (χ2v) is 13.1. The molecular formula is C15H26ClN2O3PS2. The molecule has 0 amide bonds. The van der Waals surface area contributed by atoms with Crippen molar-refractivity contribution >= 4 is 40.1 Å². The summed E-state index contributed by atoms with van der Waals surface area (Å²) in [6.45, 7) is 10.7. The predicted molar refractivity (Wildman–Crippen MR) is 106 cm³/mol. The van der Waals surface area contributed by atoms with Crippen molar-refractivity contribution in [3.8, 4) is 5.88 Å². The molecule has 138 valence electrons. The highest BCUT2D eigenvalue weighted by molar-refractivity contribution is 8.89. The van der Waals surface area contributed by atoms with Gasteiger partial charge in [0.1, 0.15) is 10.8 Å². The molecule has 1 unspecified atom stereocenters. The molecule has 0 spiro atoms. The Hall–Kier alpha value is 0.0600. The summed E-state index contributed by atoms with van der Waals surface area (Å²) in [6, 6.07) is 0. The molecule has 0 saturated carbocycles. The number of hydrogen-bond acceptors (Lipinski definition) is 7. The summed E-state index contributed by atoms with van der Waals surface area (Å²) in [5.41, 5.74) is 0.640. The van der Waals surface area contributed by atoms with Crippen LogP contribution in [0.3, 0.4) is 0 Å². The van der Waals surface area contributed by atoms with Crippen molar-refractivity contribution in [3.63, 3.8) is 0 Å². The molecule has 0 bridgehead atoms.